The van der Waals surface area contributed by atoms with Gasteiger partial charge in [0, 0.05) is 0 Å². The van der Waals surface area contributed by atoms with Gasteiger partial charge in [0.25, 0.3) is 0 Å². The van der Waals surface area contributed by atoms with Crippen LogP contribution in [0.25, 0.3) is 0 Å². The quantitative estimate of drug-likeness (QED) is 0.534. The Hall–Kier alpha value is -0.791. The summed E-state index contributed by atoms with van der Waals surface area (Å²) in [6, 6.07) is 0. The van der Waals surface area contributed by atoms with Crippen molar-refractivity contribution in [3.05, 3.63) is 0 Å². The van der Waals surface area contributed by atoms with Crippen LogP contribution in [-0.2, 0) is 23.6 Å². The van der Waals surface area contributed by atoms with Gasteiger partial charge in [0.1, 0.15) is 0 Å². The predicted molar refractivity (Wildman–Crippen MR) is 95.4 cm³/mol. The van der Waals surface area contributed by atoms with Crippen molar-refractivity contribution in [2.45, 2.75) is 77.6 Å². The van der Waals surface area contributed by atoms with E-state index >= 15 is 0 Å². The second kappa shape index (κ2) is 9.78. The van der Waals surface area contributed by atoms with Gasteiger partial charge in [-0.15, -0.1) is 0 Å². The summed E-state index contributed by atoms with van der Waals surface area (Å²) < 4.78 is 17.2. The third kappa shape index (κ3) is 6.46. The van der Waals surface area contributed by atoms with E-state index in [1.807, 2.05) is 0 Å². The van der Waals surface area contributed by atoms with Crippen LogP contribution >= 0.6 is 0 Å². The van der Waals surface area contributed by atoms with Gasteiger partial charge >= 0.3 is 156 Å². The summed E-state index contributed by atoms with van der Waals surface area (Å²) in [5.41, 5.74) is 0. The van der Waals surface area contributed by atoms with Gasteiger partial charge in [-0.3, -0.25) is 0 Å². The molecule has 0 saturated heterocycles. The Morgan fingerprint density at radius 1 is 0.680 bits per heavy atom. The number of hydrogen-bond donors (Lipinski definition) is 0. The maximum atomic E-state index is 12.4. The van der Waals surface area contributed by atoms with Crippen molar-refractivity contribution < 1.29 is 23.6 Å². The molecule has 0 aromatic heterocycles. The van der Waals surface area contributed by atoms with E-state index in [1.54, 1.807) is 41.5 Å². The average Bonchev–Trinajstić information content (AvgIpc) is 2.54. The van der Waals surface area contributed by atoms with Crippen LogP contribution in [0.4, 0.5) is 0 Å². The fourth-order valence-electron chi connectivity index (χ4n) is 2.54. The summed E-state index contributed by atoms with van der Waals surface area (Å²) in [6.07, 6.45) is 4.53. The Balaban J connectivity index is 3.24. The molecule has 0 unspecified atom stereocenters. The van der Waals surface area contributed by atoms with Crippen LogP contribution in [0.5, 0.6) is 0 Å². The topological polar surface area (TPSA) is 78.9 Å². The Bertz CT molecular complexity index is 425. The average molecular weight is 463 g/mol. The SMILES string of the molecule is CC(C)C(=O)[O][Sn]([O]C(=O)C(C)C)([O]C(=O)C(C)C)[CH]1CCCCC1. The third-order valence-electron chi connectivity index (χ3n) is 4.25. The Kier molecular flexibility index (Phi) is 8.71. The fourth-order valence-corrected chi connectivity index (χ4v) is 11.9. The molecule has 1 aliphatic carbocycles. The van der Waals surface area contributed by atoms with Crippen molar-refractivity contribution in [1.29, 1.82) is 0 Å². The zero-order valence-electron chi connectivity index (χ0n) is 16.3. The molecule has 1 rings (SSSR count). The minimum atomic E-state index is -4.77. The Morgan fingerprint density at radius 3 is 1.28 bits per heavy atom. The molecule has 0 aliphatic heterocycles. The van der Waals surface area contributed by atoms with Crippen LogP contribution in [0.15, 0.2) is 0 Å². The van der Waals surface area contributed by atoms with E-state index in [2.05, 4.69) is 0 Å². The molecule has 6 nitrogen and oxygen atoms in total. The summed E-state index contributed by atoms with van der Waals surface area (Å²) in [7, 11) is 0. The van der Waals surface area contributed by atoms with Gasteiger partial charge in [0.05, 0.1) is 0 Å². The van der Waals surface area contributed by atoms with Crippen molar-refractivity contribution in [2.75, 3.05) is 0 Å². The van der Waals surface area contributed by atoms with Gasteiger partial charge in [-0.1, -0.05) is 0 Å². The number of carbonyl (C=O) groups is 3. The molecule has 25 heavy (non-hydrogen) atoms. The second-order valence-electron chi connectivity index (χ2n) is 7.67. The molecule has 0 atom stereocenters. The first-order valence-electron chi connectivity index (χ1n) is 9.27. The maximum absolute atomic E-state index is 12.4. The first-order valence-corrected chi connectivity index (χ1v) is 14.4. The van der Waals surface area contributed by atoms with Gasteiger partial charge in [-0.25, -0.2) is 0 Å². The summed E-state index contributed by atoms with van der Waals surface area (Å²) >= 11 is -4.77. The first kappa shape index (κ1) is 22.3. The van der Waals surface area contributed by atoms with Gasteiger partial charge < -0.3 is 0 Å². The Morgan fingerprint density at radius 2 is 1.00 bits per heavy atom. The van der Waals surface area contributed by atoms with E-state index in [0.717, 1.165) is 32.1 Å². The Labute approximate surface area is 156 Å². The molecule has 7 heteroatoms. The standard InChI is InChI=1S/C6H11.3C4H8O2.Sn/c1-2-4-6-5-3-1;3*1-3(2)4(5)6;/h1H,2-6H2;3*3H,1-2H3,(H,5,6);/q;;;;+3/p-3. The monoisotopic (exact) mass is 464 g/mol. The fraction of sp³-hybridized carbons (Fsp3) is 0.833. The summed E-state index contributed by atoms with van der Waals surface area (Å²) in [6.45, 7) is 10.3. The van der Waals surface area contributed by atoms with Crippen molar-refractivity contribution in [3.8, 4) is 0 Å². The van der Waals surface area contributed by atoms with E-state index in [9.17, 15) is 14.4 Å². The molecule has 0 heterocycles. The summed E-state index contributed by atoms with van der Waals surface area (Å²) in [5, 5.41) is 0. The van der Waals surface area contributed by atoms with Crippen LogP contribution in [0.1, 0.15) is 73.6 Å². The molecule has 1 fully saturated rings. The van der Waals surface area contributed by atoms with Crippen molar-refractivity contribution in [1.82, 2.24) is 0 Å². The molecular formula is C18H32O6Sn. The molecular weight excluding hydrogens is 431 g/mol. The van der Waals surface area contributed by atoms with Gasteiger partial charge in [0.15, 0.2) is 0 Å². The van der Waals surface area contributed by atoms with E-state index in [4.69, 9.17) is 9.22 Å². The molecule has 0 spiro atoms. The normalized spacial score (nSPS) is 16.2. The first-order chi connectivity index (χ1) is 11.6. The summed E-state index contributed by atoms with van der Waals surface area (Å²) in [4.78, 5) is 37.1. The molecule has 0 amide bonds. The zero-order valence-corrected chi connectivity index (χ0v) is 19.1. The van der Waals surface area contributed by atoms with E-state index in [-0.39, 0.29) is 21.7 Å². The van der Waals surface area contributed by atoms with Crippen molar-refractivity contribution in [3.63, 3.8) is 0 Å². The van der Waals surface area contributed by atoms with E-state index < -0.39 is 37.5 Å². The van der Waals surface area contributed by atoms with Crippen molar-refractivity contribution in [2.24, 2.45) is 17.8 Å². The molecule has 0 aromatic carbocycles. The number of hydrogen-bond acceptors (Lipinski definition) is 6. The number of carbonyl (C=O) groups excluding carboxylic acids is 3. The van der Waals surface area contributed by atoms with Crippen LogP contribution in [0.3, 0.4) is 0 Å². The molecule has 1 saturated carbocycles. The molecule has 1 aliphatic rings. The van der Waals surface area contributed by atoms with Gasteiger partial charge in [0.2, 0.25) is 0 Å². The third-order valence-corrected chi connectivity index (χ3v) is 12.9. The second-order valence-corrected chi connectivity index (χ2v) is 15.2. The summed E-state index contributed by atoms with van der Waals surface area (Å²) in [5.74, 6) is -2.53. The zero-order chi connectivity index (χ0) is 19.2. The van der Waals surface area contributed by atoms with Crippen LogP contribution in [-0.4, -0.2) is 37.5 Å². The van der Waals surface area contributed by atoms with Crippen LogP contribution < -0.4 is 0 Å². The molecule has 0 radical (unpaired) electrons. The van der Waals surface area contributed by atoms with E-state index in [0.29, 0.717) is 0 Å². The molecule has 0 N–H and O–H groups in total. The van der Waals surface area contributed by atoms with Crippen LogP contribution in [0, 0.1) is 17.8 Å². The van der Waals surface area contributed by atoms with Gasteiger partial charge in [-0.05, 0) is 0 Å². The van der Waals surface area contributed by atoms with E-state index in [1.165, 1.54) is 0 Å². The van der Waals surface area contributed by atoms with Gasteiger partial charge in [-0.2, -0.15) is 0 Å². The molecule has 144 valence electrons. The van der Waals surface area contributed by atoms with Crippen molar-refractivity contribution >= 4 is 37.5 Å². The predicted octanol–water partition coefficient (Wildman–Crippen LogP) is 3.86. The van der Waals surface area contributed by atoms with Crippen LogP contribution in [0.2, 0.25) is 3.93 Å². The minimum absolute atomic E-state index is 0.142. The molecule has 0 bridgehead atoms. The molecule has 0 aromatic rings. The number of rotatable bonds is 7.